The molecule has 0 bridgehead atoms. The summed E-state index contributed by atoms with van der Waals surface area (Å²) in [7, 11) is 0. The first kappa shape index (κ1) is 23.1. The average Bonchev–Trinajstić information content (AvgIpc) is 3.40. The summed E-state index contributed by atoms with van der Waals surface area (Å²) in [6.45, 7) is 9.90. The van der Waals surface area contributed by atoms with E-state index in [2.05, 4.69) is 50.8 Å². The SMILES string of the molecule is CC.CC.Cc1cc(F)c2c(c1)OC(c1ccc(C3CC3)s1)n1c-2cc2cc(Br)ccc21. The van der Waals surface area contributed by atoms with Gasteiger partial charge in [0, 0.05) is 14.7 Å². The van der Waals surface area contributed by atoms with Crippen molar-refractivity contribution >= 4 is 38.2 Å². The largest absolute Gasteiger partial charge is 0.464 e. The van der Waals surface area contributed by atoms with E-state index in [4.69, 9.17) is 4.74 Å². The molecule has 2 aliphatic rings. The minimum atomic E-state index is -0.278. The fourth-order valence-electron chi connectivity index (χ4n) is 4.15. The molecule has 0 amide bonds. The number of hydrogen-bond acceptors (Lipinski definition) is 2. The van der Waals surface area contributed by atoms with Gasteiger partial charge in [-0.1, -0.05) is 43.6 Å². The van der Waals surface area contributed by atoms with Gasteiger partial charge in [0.05, 0.1) is 21.7 Å². The molecule has 1 atom stereocenters. The third kappa shape index (κ3) is 4.01. The molecule has 5 heteroatoms. The molecular formula is C27H29BrFNOS. The van der Waals surface area contributed by atoms with Crippen molar-refractivity contribution in [3.8, 4) is 17.0 Å². The standard InChI is InChI=1S/C23H17BrFNOS.2C2H6/c1-12-8-16(25)22-18-11-14-10-15(24)4-5-17(14)26(18)23(27-19(22)9-12)21-7-6-20(28-21)13-2-3-13;2*1-2/h4-11,13,23H,2-3H2,1H3;2*1-2H3. The number of halogens is 2. The molecule has 1 fully saturated rings. The van der Waals surface area contributed by atoms with Crippen molar-refractivity contribution in [2.45, 2.75) is 59.6 Å². The Morgan fingerprint density at radius 3 is 2.41 bits per heavy atom. The molecule has 0 spiro atoms. The number of rotatable bonds is 2. The molecule has 4 aromatic rings. The van der Waals surface area contributed by atoms with Crippen LogP contribution in [0.3, 0.4) is 0 Å². The Labute approximate surface area is 202 Å². The Morgan fingerprint density at radius 1 is 0.969 bits per heavy atom. The van der Waals surface area contributed by atoms with Gasteiger partial charge in [0.25, 0.3) is 0 Å². The summed E-state index contributed by atoms with van der Waals surface area (Å²) in [6, 6.07) is 16.2. The van der Waals surface area contributed by atoms with Crippen molar-refractivity contribution in [2.24, 2.45) is 0 Å². The zero-order valence-electron chi connectivity index (χ0n) is 19.2. The number of thiophene rings is 1. The van der Waals surface area contributed by atoms with E-state index in [-0.39, 0.29) is 12.0 Å². The molecule has 1 aliphatic carbocycles. The van der Waals surface area contributed by atoms with Crippen molar-refractivity contribution in [3.63, 3.8) is 0 Å². The van der Waals surface area contributed by atoms with Gasteiger partial charge < -0.3 is 4.74 Å². The highest BCUT2D eigenvalue weighted by atomic mass is 79.9. The highest BCUT2D eigenvalue weighted by Gasteiger charge is 2.33. The lowest BCUT2D eigenvalue weighted by atomic mass is 10.1. The predicted octanol–water partition coefficient (Wildman–Crippen LogP) is 9.45. The number of fused-ring (bicyclic) bond motifs is 5. The summed E-state index contributed by atoms with van der Waals surface area (Å²) in [4.78, 5) is 2.59. The summed E-state index contributed by atoms with van der Waals surface area (Å²) in [5.74, 6) is 1.10. The lowest BCUT2D eigenvalue weighted by molar-refractivity contribution is 0.176. The Morgan fingerprint density at radius 2 is 1.69 bits per heavy atom. The zero-order valence-corrected chi connectivity index (χ0v) is 21.6. The number of nitrogens with zero attached hydrogens (tertiary/aromatic N) is 1. The smallest absolute Gasteiger partial charge is 0.212 e. The molecule has 0 saturated heterocycles. The summed E-state index contributed by atoms with van der Waals surface area (Å²) >= 11 is 5.38. The van der Waals surface area contributed by atoms with Gasteiger partial charge in [-0.3, -0.25) is 4.57 Å². The van der Waals surface area contributed by atoms with Gasteiger partial charge in [0.2, 0.25) is 6.23 Å². The van der Waals surface area contributed by atoms with E-state index >= 15 is 0 Å². The van der Waals surface area contributed by atoms with Crippen LogP contribution in [-0.2, 0) is 0 Å². The van der Waals surface area contributed by atoms with Crippen LogP contribution in [0.15, 0.2) is 53.0 Å². The maximum atomic E-state index is 15.0. The maximum absolute atomic E-state index is 15.0. The van der Waals surface area contributed by atoms with Gasteiger partial charge in [-0.2, -0.15) is 0 Å². The fraction of sp³-hybridized carbons (Fsp3) is 0.333. The van der Waals surface area contributed by atoms with Gasteiger partial charge in [-0.15, -0.1) is 11.3 Å². The van der Waals surface area contributed by atoms with E-state index in [1.807, 2.05) is 58.1 Å². The lowest BCUT2D eigenvalue weighted by Gasteiger charge is -2.30. The number of aryl methyl sites for hydroxylation is 1. The second kappa shape index (κ2) is 9.40. The highest BCUT2D eigenvalue weighted by molar-refractivity contribution is 9.10. The van der Waals surface area contributed by atoms with Crippen LogP contribution < -0.4 is 4.74 Å². The summed E-state index contributed by atoms with van der Waals surface area (Å²) < 4.78 is 24.6. The van der Waals surface area contributed by atoms with Gasteiger partial charge in [-0.25, -0.2) is 4.39 Å². The molecule has 1 unspecified atom stereocenters. The third-order valence-electron chi connectivity index (χ3n) is 5.60. The highest BCUT2D eigenvalue weighted by Crippen LogP contribution is 2.49. The number of hydrogen-bond donors (Lipinski definition) is 0. The van der Waals surface area contributed by atoms with Gasteiger partial charge in [-0.05, 0) is 79.8 Å². The fourth-order valence-corrected chi connectivity index (χ4v) is 5.73. The Kier molecular flexibility index (Phi) is 6.78. The second-order valence-corrected chi connectivity index (χ2v) is 9.77. The second-order valence-electron chi connectivity index (χ2n) is 7.71. The van der Waals surface area contributed by atoms with Gasteiger partial charge in [0.15, 0.2) is 0 Å². The van der Waals surface area contributed by atoms with E-state index in [0.29, 0.717) is 17.2 Å². The van der Waals surface area contributed by atoms with Crippen molar-refractivity contribution in [1.29, 1.82) is 0 Å². The molecule has 1 aliphatic heterocycles. The third-order valence-corrected chi connectivity index (χ3v) is 7.37. The van der Waals surface area contributed by atoms with Crippen molar-refractivity contribution in [2.75, 3.05) is 0 Å². The lowest BCUT2D eigenvalue weighted by Crippen LogP contribution is -2.22. The first-order valence-corrected chi connectivity index (χ1v) is 13.1. The molecule has 1 saturated carbocycles. The molecule has 2 aromatic heterocycles. The molecule has 0 radical (unpaired) electrons. The summed E-state index contributed by atoms with van der Waals surface area (Å²) in [6.07, 6.45) is 2.29. The van der Waals surface area contributed by atoms with Crippen molar-refractivity contribution in [3.05, 3.63) is 74.1 Å². The first-order valence-electron chi connectivity index (χ1n) is 11.5. The van der Waals surface area contributed by atoms with E-state index in [1.54, 1.807) is 6.07 Å². The van der Waals surface area contributed by atoms with Gasteiger partial charge in [0.1, 0.15) is 11.6 Å². The first-order chi connectivity index (χ1) is 15.6. The molecule has 6 rings (SSSR count). The Hall–Kier alpha value is -2.11. The average molecular weight is 515 g/mol. The number of ether oxygens (including phenoxy) is 1. The van der Waals surface area contributed by atoms with Crippen LogP contribution in [0.5, 0.6) is 5.75 Å². The van der Waals surface area contributed by atoms with Crippen LogP contribution in [0.2, 0.25) is 0 Å². The van der Waals surface area contributed by atoms with Crippen LogP contribution >= 0.6 is 27.3 Å². The van der Waals surface area contributed by atoms with Crippen molar-refractivity contribution in [1.82, 2.24) is 4.57 Å². The molecule has 0 N–H and O–H groups in total. The summed E-state index contributed by atoms with van der Waals surface area (Å²) in [5, 5.41) is 1.07. The zero-order chi connectivity index (χ0) is 23.0. The number of benzene rings is 2. The maximum Gasteiger partial charge on any atom is 0.212 e. The van der Waals surface area contributed by atoms with Crippen LogP contribution in [0.25, 0.3) is 22.2 Å². The van der Waals surface area contributed by atoms with E-state index < -0.39 is 0 Å². The van der Waals surface area contributed by atoms with Crippen LogP contribution in [0.4, 0.5) is 4.39 Å². The van der Waals surface area contributed by atoms with Crippen LogP contribution in [0, 0.1) is 12.7 Å². The van der Waals surface area contributed by atoms with Crippen LogP contribution in [-0.4, -0.2) is 4.57 Å². The predicted molar refractivity (Wildman–Crippen MR) is 138 cm³/mol. The number of aromatic nitrogens is 1. The Bertz CT molecular complexity index is 1250. The molecule has 3 heterocycles. The van der Waals surface area contributed by atoms with Crippen molar-refractivity contribution < 1.29 is 9.13 Å². The normalized spacial score (nSPS) is 16.2. The van der Waals surface area contributed by atoms with Gasteiger partial charge >= 0.3 is 0 Å². The molecule has 2 nitrogen and oxygen atoms in total. The van der Waals surface area contributed by atoms with E-state index in [1.165, 1.54) is 17.7 Å². The van der Waals surface area contributed by atoms with E-state index in [0.717, 1.165) is 31.5 Å². The molecular weight excluding hydrogens is 485 g/mol. The van der Waals surface area contributed by atoms with E-state index in [9.17, 15) is 4.39 Å². The Balaban J connectivity index is 0.000000582. The summed E-state index contributed by atoms with van der Waals surface area (Å²) in [5.41, 5.74) is 3.34. The topological polar surface area (TPSA) is 14.2 Å². The monoisotopic (exact) mass is 513 g/mol. The molecule has 168 valence electrons. The minimum absolute atomic E-state index is 0.235. The minimum Gasteiger partial charge on any atom is -0.464 e. The molecule has 32 heavy (non-hydrogen) atoms. The molecule has 2 aromatic carbocycles. The van der Waals surface area contributed by atoms with Crippen LogP contribution in [0.1, 0.15) is 68.0 Å². The quantitative estimate of drug-likeness (QED) is 0.260.